The Balaban J connectivity index is 2.63. The third-order valence-electron chi connectivity index (χ3n) is 2.25. The van der Waals surface area contributed by atoms with Crippen molar-refractivity contribution in [3.05, 3.63) is 10.1 Å². The number of rotatable bonds is 2. The maximum atomic E-state index is 11.0. The third-order valence-corrected chi connectivity index (χ3v) is 2.25. The summed E-state index contributed by atoms with van der Waals surface area (Å²) in [4.78, 5) is 21.1. The number of methoxy groups -OCH3 is 1. The Morgan fingerprint density at radius 2 is 2.25 bits per heavy atom. The SMILES string of the molecule is COC(=O)C1CCCC1[N+](=O)[O-]. The summed E-state index contributed by atoms with van der Waals surface area (Å²) in [5, 5.41) is 10.4. The number of carbonyl (C=O) groups is 1. The zero-order valence-corrected chi connectivity index (χ0v) is 6.86. The number of ether oxygens (including phenoxy) is 1. The van der Waals surface area contributed by atoms with Crippen molar-refractivity contribution in [3.63, 3.8) is 0 Å². The zero-order chi connectivity index (χ0) is 9.14. The van der Waals surface area contributed by atoms with E-state index in [4.69, 9.17) is 0 Å². The van der Waals surface area contributed by atoms with Gasteiger partial charge in [0.2, 0.25) is 6.04 Å². The Morgan fingerprint density at radius 1 is 1.58 bits per heavy atom. The van der Waals surface area contributed by atoms with E-state index in [0.717, 1.165) is 6.42 Å². The third kappa shape index (κ3) is 1.54. The van der Waals surface area contributed by atoms with Crippen LogP contribution in [-0.4, -0.2) is 24.0 Å². The standard InChI is InChI=1S/C7H11NO4/c1-12-7(9)5-3-2-4-6(5)8(10)11/h5-6H,2-4H2,1H3. The molecule has 1 aliphatic rings. The maximum absolute atomic E-state index is 11.0. The molecule has 0 aromatic carbocycles. The zero-order valence-electron chi connectivity index (χ0n) is 6.86. The molecule has 5 nitrogen and oxygen atoms in total. The lowest BCUT2D eigenvalue weighted by molar-refractivity contribution is -0.526. The summed E-state index contributed by atoms with van der Waals surface area (Å²) in [6, 6.07) is -0.725. The first kappa shape index (κ1) is 8.96. The lowest BCUT2D eigenvalue weighted by atomic mass is 10.1. The average Bonchev–Trinajstić information content (AvgIpc) is 2.50. The molecule has 0 aromatic rings. The van der Waals surface area contributed by atoms with Gasteiger partial charge in [-0.15, -0.1) is 0 Å². The van der Waals surface area contributed by atoms with Crippen LogP contribution >= 0.6 is 0 Å². The Morgan fingerprint density at radius 3 is 2.75 bits per heavy atom. The van der Waals surface area contributed by atoms with Crippen molar-refractivity contribution in [2.24, 2.45) is 5.92 Å². The first-order valence-electron chi connectivity index (χ1n) is 3.88. The van der Waals surface area contributed by atoms with Crippen LogP contribution in [0.15, 0.2) is 0 Å². The van der Waals surface area contributed by atoms with Crippen molar-refractivity contribution in [1.82, 2.24) is 0 Å². The van der Waals surface area contributed by atoms with E-state index in [-0.39, 0.29) is 4.92 Å². The van der Waals surface area contributed by atoms with Crippen molar-refractivity contribution in [3.8, 4) is 0 Å². The molecule has 0 spiro atoms. The molecule has 2 unspecified atom stereocenters. The number of nitrogens with zero attached hydrogens (tertiary/aromatic N) is 1. The van der Waals surface area contributed by atoms with Crippen LogP contribution < -0.4 is 0 Å². The second kappa shape index (κ2) is 3.51. The van der Waals surface area contributed by atoms with Gasteiger partial charge in [-0.3, -0.25) is 14.9 Å². The summed E-state index contributed by atoms with van der Waals surface area (Å²) >= 11 is 0. The molecular weight excluding hydrogens is 162 g/mol. The molecule has 5 heteroatoms. The van der Waals surface area contributed by atoms with E-state index in [2.05, 4.69) is 4.74 Å². The predicted molar refractivity (Wildman–Crippen MR) is 40.1 cm³/mol. The van der Waals surface area contributed by atoms with Gasteiger partial charge in [0, 0.05) is 11.3 Å². The highest BCUT2D eigenvalue weighted by molar-refractivity contribution is 5.73. The van der Waals surface area contributed by atoms with Crippen LogP contribution in [-0.2, 0) is 9.53 Å². The van der Waals surface area contributed by atoms with Crippen LogP contribution in [0.5, 0.6) is 0 Å². The molecule has 0 aromatic heterocycles. The minimum absolute atomic E-state index is 0.380. The van der Waals surface area contributed by atoms with Crippen LogP contribution in [0.1, 0.15) is 19.3 Å². The lowest BCUT2D eigenvalue weighted by Gasteiger charge is -2.09. The fourth-order valence-electron chi connectivity index (χ4n) is 1.62. The average molecular weight is 173 g/mol. The van der Waals surface area contributed by atoms with Gasteiger partial charge >= 0.3 is 5.97 Å². The van der Waals surface area contributed by atoms with E-state index < -0.39 is 17.9 Å². The Hall–Kier alpha value is -1.13. The summed E-state index contributed by atoms with van der Waals surface area (Å²) in [6.45, 7) is 0. The molecule has 0 N–H and O–H groups in total. The molecule has 1 aliphatic carbocycles. The van der Waals surface area contributed by atoms with Crippen molar-refractivity contribution in [2.45, 2.75) is 25.3 Å². The van der Waals surface area contributed by atoms with Gasteiger partial charge in [0.05, 0.1) is 7.11 Å². The quantitative estimate of drug-likeness (QED) is 0.348. The topological polar surface area (TPSA) is 69.4 Å². The van der Waals surface area contributed by atoms with Gasteiger partial charge in [-0.2, -0.15) is 0 Å². The van der Waals surface area contributed by atoms with Crippen molar-refractivity contribution in [2.75, 3.05) is 7.11 Å². The van der Waals surface area contributed by atoms with Gasteiger partial charge in [0.15, 0.2) is 0 Å². The largest absolute Gasteiger partial charge is 0.469 e. The first-order chi connectivity index (χ1) is 5.66. The lowest BCUT2D eigenvalue weighted by Crippen LogP contribution is -2.30. The summed E-state index contributed by atoms with van der Waals surface area (Å²) in [5.41, 5.74) is 0. The number of hydrogen-bond donors (Lipinski definition) is 0. The summed E-state index contributed by atoms with van der Waals surface area (Å²) in [5.74, 6) is -0.973. The van der Waals surface area contributed by atoms with Crippen LogP contribution in [0.3, 0.4) is 0 Å². The smallest absolute Gasteiger partial charge is 0.315 e. The molecule has 0 aliphatic heterocycles. The number of hydrogen-bond acceptors (Lipinski definition) is 4. The summed E-state index contributed by atoms with van der Waals surface area (Å²) in [7, 11) is 1.26. The molecule has 0 saturated heterocycles. The van der Waals surface area contributed by atoms with Crippen molar-refractivity contribution in [1.29, 1.82) is 0 Å². The van der Waals surface area contributed by atoms with Gasteiger partial charge in [0.25, 0.3) is 0 Å². The van der Waals surface area contributed by atoms with Crippen LogP contribution in [0.4, 0.5) is 0 Å². The second-order valence-corrected chi connectivity index (χ2v) is 2.91. The van der Waals surface area contributed by atoms with Crippen LogP contribution in [0, 0.1) is 16.0 Å². The summed E-state index contributed by atoms with van der Waals surface area (Å²) in [6.07, 6.45) is 1.82. The van der Waals surface area contributed by atoms with Gasteiger partial charge in [0.1, 0.15) is 5.92 Å². The molecule has 2 atom stereocenters. The van der Waals surface area contributed by atoms with Crippen molar-refractivity contribution < 1.29 is 14.5 Å². The van der Waals surface area contributed by atoms with Gasteiger partial charge < -0.3 is 4.74 Å². The number of nitro groups is 1. The van der Waals surface area contributed by atoms with E-state index in [0.29, 0.717) is 12.8 Å². The molecule has 0 heterocycles. The van der Waals surface area contributed by atoms with E-state index in [1.807, 2.05) is 0 Å². The van der Waals surface area contributed by atoms with E-state index in [9.17, 15) is 14.9 Å². The predicted octanol–water partition coefficient (Wildman–Crippen LogP) is 0.605. The maximum Gasteiger partial charge on any atom is 0.315 e. The van der Waals surface area contributed by atoms with Crippen LogP contribution in [0.2, 0.25) is 0 Å². The number of esters is 1. The minimum atomic E-state index is -0.725. The monoisotopic (exact) mass is 173 g/mol. The molecule has 0 bridgehead atoms. The molecule has 1 rings (SSSR count). The Labute approximate surface area is 69.9 Å². The fourth-order valence-corrected chi connectivity index (χ4v) is 1.62. The molecule has 0 amide bonds. The molecule has 0 radical (unpaired) electrons. The highest BCUT2D eigenvalue weighted by Gasteiger charge is 2.41. The van der Waals surface area contributed by atoms with E-state index >= 15 is 0 Å². The molecule has 12 heavy (non-hydrogen) atoms. The Bertz CT molecular complexity index is 204. The van der Waals surface area contributed by atoms with Gasteiger partial charge in [-0.25, -0.2) is 0 Å². The van der Waals surface area contributed by atoms with E-state index in [1.165, 1.54) is 7.11 Å². The minimum Gasteiger partial charge on any atom is -0.469 e. The van der Waals surface area contributed by atoms with Crippen LogP contribution in [0.25, 0.3) is 0 Å². The van der Waals surface area contributed by atoms with Gasteiger partial charge in [-0.05, 0) is 12.8 Å². The van der Waals surface area contributed by atoms with Gasteiger partial charge in [-0.1, -0.05) is 0 Å². The molecule has 68 valence electrons. The number of carbonyl (C=O) groups excluding carboxylic acids is 1. The second-order valence-electron chi connectivity index (χ2n) is 2.91. The highest BCUT2D eigenvalue weighted by Crippen LogP contribution is 2.28. The normalized spacial score (nSPS) is 28.4. The van der Waals surface area contributed by atoms with E-state index in [1.54, 1.807) is 0 Å². The first-order valence-corrected chi connectivity index (χ1v) is 3.88. The molecule has 1 saturated carbocycles. The highest BCUT2D eigenvalue weighted by atomic mass is 16.6. The fraction of sp³-hybridized carbons (Fsp3) is 0.857. The summed E-state index contributed by atoms with van der Waals surface area (Å²) < 4.78 is 4.47. The molecular formula is C7H11NO4. The Kier molecular flexibility index (Phi) is 2.62. The molecule has 1 fully saturated rings. The van der Waals surface area contributed by atoms with Crippen molar-refractivity contribution >= 4 is 5.97 Å².